The summed E-state index contributed by atoms with van der Waals surface area (Å²) in [5, 5.41) is 12.6. The zero-order valence-corrected chi connectivity index (χ0v) is 15.8. The summed E-state index contributed by atoms with van der Waals surface area (Å²) >= 11 is 1.70. The molecule has 0 spiro atoms. The lowest BCUT2D eigenvalue weighted by molar-refractivity contribution is -0.117. The lowest BCUT2D eigenvalue weighted by Gasteiger charge is -2.25. The first-order chi connectivity index (χ1) is 12.6. The van der Waals surface area contributed by atoms with Gasteiger partial charge in [-0.2, -0.15) is 0 Å². The van der Waals surface area contributed by atoms with Crippen molar-refractivity contribution in [3.8, 4) is 0 Å². The molecule has 0 aliphatic heterocycles. The van der Waals surface area contributed by atoms with Crippen LogP contribution < -0.4 is 5.32 Å². The van der Waals surface area contributed by atoms with Gasteiger partial charge in [-0.15, -0.1) is 0 Å². The first kappa shape index (κ1) is 18.7. The monoisotopic (exact) mass is 367 g/mol. The molecule has 1 aliphatic rings. The fraction of sp³-hybridized carbons (Fsp3) is 0.318. The summed E-state index contributed by atoms with van der Waals surface area (Å²) in [4.78, 5) is 14.5. The molecule has 26 heavy (non-hydrogen) atoms. The molecule has 2 N–H and O–H groups in total. The summed E-state index contributed by atoms with van der Waals surface area (Å²) in [6.07, 6.45) is 6.52. The van der Waals surface area contributed by atoms with Crippen LogP contribution in [-0.2, 0) is 4.79 Å². The molecule has 1 amide bonds. The van der Waals surface area contributed by atoms with Crippen molar-refractivity contribution in [3.63, 3.8) is 0 Å². The Bertz CT molecular complexity index is 762. The summed E-state index contributed by atoms with van der Waals surface area (Å²) in [6, 6.07) is 16.7. The van der Waals surface area contributed by atoms with E-state index in [2.05, 4.69) is 42.6 Å². The van der Waals surface area contributed by atoms with E-state index < -0.39 is 0 Å². The quantitative estimate of drug-likeness (QED) is 0.761. The third-order valence-corrected chi connectivity index (χ3v) is 5.72. The third-order valence-electron chi connectivity index (χ3n) is 4.63. The zero-order valence-electron chi connectivity index (χ0n) is 15.0. The average Bonchev–Trinajstić information content (AvgIpc) is 2.65. The van der Waals surface area contributed by atoms with Gasteiger partial charge in [-0.1, -0.05) is 47.7 Å². The summed E-state index contributed by atoms with van der Waals surface area (Å²) in [7, 11) is 0. The normalized spacial score (nSPS) is 20.2. The first-order valence-corrected chi connectivity index (χ1v) is 9.92. The van der Waals surface area contributed by atoms with Gasteiger partial charge in [0.15, 0.2) is 0 Å². The number of aliphatic hydroxyl groups is 1. The minimum atomic E-state index is -0.204. The van der Waals surface area contributed by atoms with E-state index >= 15 is 0 Å². The number of aliphatic hydroxyl groups excluding tert-OH is 1. The van der Waals surface area contributed by atoms with Gasteiger partial charge in [-0.3, -0.25) is 4.79 Å². The lowest BCUT2D eigenvalue weighted by atomic mass is 9.93. The topological polar surface area (TPSA) is 49.3 Å². The second-order valence-corrected chi connectivity index (χ2v) is 7.92. The number of hydrogen-bond donors (Lipinski definition) is 2. The molecule has 0 radical (unpaired) electrons. The van der Waals surface area contributed by atoms with Crippen LogP contribution in [0.4, 0.5) is 0 Å². The van der Waals surface area contributed by atoms with Crippen molar-refractivity contribution in [2.75, 3.05) is 0 Å². The molecule has 4 heteroatoms. The lowest BCUT2D eigenvalue weighted by Crippen LogP contribution is -2.37. The van der Waals surface area contributed by atoms with E-state index in [1.807, 2.05) is 24.3 Å². The summed E-state index contributed by atoms with van der Waals surface area (Å²) in [5.41, 5.74) is 2.28. The van der Waals surface area contributed by atoms with Gasteiger partial charge < -0.3 is 10.4 Å². The molecule has 0 aromatic heterocycles. The highest BCUT2D eigenvalue weighted by atomic mass is 32.2. The van der Waals surface area contributed by atoms with Gasteiger partial charge in [0.2, 0.25) is 5.91 Å². The molecule has 1 saturated carbocycles. The van der Waals surface area contributed by atoms with Gasteiger partial charge in [0.05, 0.1) is 6.10 Å². The fourth-order valence-electron chi connectivity index (χ4n) is 3.08. The number of rotatable bonds is 5. The van der Waals surface area contributed by atoms with E-state index in [1.165, 1.54) is 10.5 Å². The van der Waals surface area contributed by atoms with Crippen LogP contribution in [0.25, 0.3) is 6.08 Å². The Hall–Kier alpha value is -2.04. The van der Waals surface area contributed by atoms with Crippen LogP contribution in [0.15, 0.2) is 64.4 Å². The molecule has 0 heterocycles. The van der Waals surface area contributed by atoms with Gasteiger partial charge in [-0.05, 0) is 62.4 Å². The molecule has 0 atom stereocenters. The van der Waals surface area contributed by atoms with Crippen LogP contribution in [0.1, 0.15) is 36.8 Å². The first-order valence-electron chi connectivity index (χ1n) is 9.10. The van der Waals surface area contributed by atoms with Crippen LogP contribution in [-0.4, -0.2) is 23.2 Å². The molecular formula is C22H25NO2S. The number of hydrogen-bond acceptors (Lipinski definition) is 3. The maximum Gasteiger partial charge on any atom is 0.244 e. The Morgan fingerprint density at radius 1 is 1.08 bits per heavy atom. The minimum Gasteiger partial charge on any atom is -0.393 e. The smallest absolute Gasteiger partial charge is 0.244 e. The Labute approximate surface area is 159 Å². The number of benzene rings is 2. The Morgan fingerprint density at radius 3 is 2.50 bits per heavy atom. The maximum atomic E-state index is 12.2. The summed E-state index contributed by atoms with van der Waals surface area (Å²) < 4.78 is 0. The number of carbonyl (C=O) groups excluding carboxylic acids is 1. The van der Waals surface area contributed by atoms with E-state index in [4.69, 9.17) is 0 Å². The van der Waals surface area contributed by atoms with Crippen molar-refractivity contribution in [1.82, 2.24) is 5.32 Å². The highest BCUT2D eigenvalue weighted by molar-refractivity contribution is 7.99. The Kier molecular flexibility index (Phi) is 6.53. The number of nitrogens with one attached hydrogen (secondary N) is 1. The van der Waals surface area contributed by atoms with Crippen molar-refractivity contribution in [1.29, 1.82) is 0 Å². The molecule has 0 saturated heterocycles. The molecule has 2 aromatic carbocycles. The highest BCUT2D eigenvalue weighted by Gasteiger charge is 2.19. The molecule has 2 aromatic rings. The average molecular weight is 368 g/mol. The van der Waals surface area contributed by atoms with Gasteiger partial charge in [-0.25, -0.2) is 0 Å². The number of aryl methyl sites for hydroxylation is 1. The SMILES string of the molecule is Cc1ccc(Sc2ccccc2/C=C/C(=O)NC2CCC(O)CC2)cc1. The van der Waals surface area contributed by atoms with Crippen LogP contribution in [0.3, 0.4) is 0 Å². The van der Waals surface area contributed by atoms with E-state index in [0.717, 1.165) is 36.1 Å². The van der Waals surface area contributed by atoms with E-state index in [9.17, 15) is 9.90 Å². The Balaban J connectivity index is 1.62. The van der Waals surface area contributed by atoms with E-state index in [-0.39, 0.29) is 18.1 Å². The second-order valence-electron chi connectivity index (χ2n) is 6.80. The van der Waals surface area contributed by atoms with Gasteiger partial charge in [0.25, 0.3) is 0 Å². The number of amides is 1. The standard InChI is InChI=1S/C22H25NO2S/c1-16-6-13-20(14-7-16)26-21-5-3-2-4-17(21)8-15-22(25)23-18-9-11-19(24)12-10-18/h2-8,13-15,18-19,24H,9-12H2,1H3,(H,23,25)/b15-8+. The van der Waals surface area contributed by atoms with Gasteiger partial charge in [0.1, 0.15) is 0 Å². The zero-order chi connectivity index (χ0) is 18.4. The van der Waals surface area contributed by atoms with Crippen molar-refractivity contribution in [2.45, 2.75) is 54.5 Å². The van der Waals surface area contributed by atoms with E-state index in [1.54, 1.807) is 17.8 Å². The van der Waals surface area contributed by atoms with Crippen molar-refractivity contribution < 1.29 is 9.90 Å². The molecule has 3 nitrogen and oxygen atoms in total. The summed E-state index contributed by atoms with van der Waals surface area (Å²) in [5.74, 6) is -0.0680. The molecule has 136 valence electrons. The molecule has 3 rings (SSSR count). The van der Waals surface area contributed by atoms with Gasteiger partial charge in [0, 0.05) is 21.9 Å². The molecule has 1 fully saturated rings. The highest BCUT2D eigenvalue weighted by Crippen LogP contribution is 2.31. The van der Waals surface area contributed by atoms with Crippen molar-refractivity contribution in [2.24, 2.45) is 0 Å². The minimum absolute atomic E-state index is 0.0680. The predicted molar refractivity (Wildman–Crippen MR) is 107 cm³/mol. The molecule has 0 unspecified atom stereocenters. The summed E-state index contributed by atoms with van der Waals surface area (Å²) in [6.45, 7) is 2.08. The number of carbonyl (C=O) groups is 1. The van der Waals surface area contributed by atoms with Crippen LogP contribution >= 0.6 is 11.8 Å². The fourth-order valence-corrected chi connectivity index (χ4v) is 4.01. The largest absolute Gasteiger partial charge is 0.393 e. The van der Waals surface area contributed by atoms with Crippen LogP contribution in [0.2, 0.25) is 0 Å². The van der Waals surface area contributed by atoms with Crippen LogP contribution in [0, 0.1) is 6.92 Å². The predicted octanol–water partition coefficient (Wildman–Crippen LogP) is 4.58. The van der Waals surface area contributed by atoms with Crippen LogP contribution in [0.5, 0.6) is 0 Å². The molecular weight excluding hydrogens is 342 g/mol. The van der Waals surface area contributed by atoms with Crippen molar-refractivity contribution in [3.05, 3.63) is 65.7 Å². The molecule has 1 aliphatic carbocycles. The third kappa shape index (κ3) is 5.48. The van der Waals surface area contributed by atoms with Crippen molar-refractivity contribution >= 4 is 23.7 Å². The second kappa shape index (κ2) is 9.06. The Morgan fingerprint density at radius 2 is 1.77 bits per heavy atom. The molecule has 0 bridgehead atoms. The van der Waals surface area contributed by atoms with Gasteiger partial charge >= 0.3 is 0 Å². The maximum absolute atomic E-state index is 12.2. The van der Waals surface area contributed by atoms with E-state index in [0.29, 0.717) is 0 Å².